The van der Waals surface area contributed by atoms with E-state index in [4.69, 9.17) is 0 Å². The summed E-state index contributed by atoms with van der Waals surface area (Å²) in [5.74, 6) is 0.0744. The van der Waals surface area contributed by atoms with Gasteiger partial charge in [0.25, 0.3) is 0 Å². The molecule has 1 unspecified atom stereocenters. The van der Waals surface area contributed by atoms with Crippen molar-refractivity contribution in [2.75, 3.05) is 0 Å². The van der Waals surface area contributed by atoms with E-state index in [1.165, 1.54) is 0 Å². The molecule has 0 spiro atoms. The minimum absolute atomic E-state index is 0.00415. The van der Waals surface area contributed by atoms with Crippen molar-refractivity contribution in [2.45, 2.75) is 32.4 Å². The molecule has 0 saturated heterocycles. The average molecular weight is 278 g/mol. The van der Waals surface area contributed by atoms with Crippen molar-refractivity contribution in [2.24, 2.45) is 5.41 Å². The SMILES string of the molecule is CC1(C)CC(=O)C([S+]([O-])Cc2ccccc2)=C(O)C1. The molecule has 1 aromatic carbocycles. The molecule has 1 aliphatic carbocycles. The van der Waals surface area contributed by atoms with Crippen molar-refractivity contribution in [1.29, 1.82) is 0 Å². The van der Waals surface area contributed by atoms with Crippen molar-refractivity contribution in [3.63, 3.8) is 0 Å². The van der Waals surface area contributed by atoms with Gasteiger partial charge in [0.2, 0.25) is 10.7 Å². The van der Waals surface area contributed by atoms with Crippen LogP contribution in [0.4, 0.5) is 0 Å². The first-order valence-corrected chi connectivity index (χ1v) is 7.58. The molecule has 0 amide bonds. The molecule has 0 saturated carbocycles. The topological polar surface area (TPSA) is 60.4 Å². The molecule has 1 N–H and O–H groups in total. The first-order valence-electron chi connectivity index (χ1n) is 6.27. The van der Waals surface area contributed by atoms with E-state index in [1.807, 2.05) is 44.2 Å². The van der Waals surface area contributed by atoms with Crippen LogP contribution in [0, 0.1) is 5.41 Å². The number of carbonyl (C=O) groups excluding carboxylic acids is 1. The number of carbonyl (C=O) groups is 1. The molecular weight excluding hydrogens is 260 g/mol. The van der Waals surface area contributed by atoms with Gasteiger partial charge in [-0.1, -0.05) is 44.2 Å². The van der Waals surface area contributed by atoms with Crippen molar-refractivity contribution in [3.05, 3.63) is 46.6 Å². The van der Waals surface area contributed by atoms with E-state index in [2.05, 4.69) is 0 Å². The van der Waals surface area contributed by atoms with E-state index >= 15 is 0 Å². The molecule has 0 bridgehead atoms. The average Bonchev–Trinajstić information content (AvgIpc) is 2.27. The number of Topliss-reactive ketones (excluding diaryl/α,β-unsaturated/α-hetero) is 1. The highest BCUT2D eigenvalue weighted by molar-refractivity contribution is 7.95. The van der Waals surface area contributed by atoms with Gasteiger partial charge in [0.05, 0.1) is 0 Å². The number of benzene rings is 1. The van der Waals surface area contributed by atoms with Gasteiger partial charge in [-0.05, 0) is 16.6 Å². The summed E-state index contributed by atoms with van der Waals surface area (Å²) in [6.45, 7) is 3.86. The fraction of sp³-hybridized carbons (Fsp3) is 0.400. The second kappa shape index (κ2) is 5.39. The molecule has 0 heterocycles. The van der Waals surface area contributed by atoms with Gasteiger partial charge in [-0.2, -0.15) is 0 Å². The van der Waals surface area contributed by atoms with Gasteiger partial charge in [-0.3, -0.25) is 4.79 Å². The maximum atomic E-state index is 12.3. The first-order chi connectivity index (χ1) is 8.89. The lowest BCUT2D eigenvalue weighted by Gasteiger charge is -2.29. The monoisotopic (exact) mass is 278 g/mol. The third-order valence-corrected chi connectivity index (χ3v) is 4.68. The van der Waals surface area contributed by atoms with Gasteiger partial charge < -0.3 is 9.66 Å². The molecule has 1 atom stereocenters. The second-order valence-corrected chi connectivity index (χ2v) is 7.08. The quantitative estimate of drug-likeness (QED) is 0.864. The Kier molecular flexibility index (Phi) is 4.02. The number of aliphatic hydroxyl groups excluding tert-OH is 1. The molecule has 1 aliphatic rings. The van der Waals surface area contributed by atoms with Gasteiger partial charge in [-0.15, -0.1) is 0 Å². The number of hydrogen-bond donors (Lipinski definition) is 1. The number of aliphatic hydroxyl groups is 1. The molecular formula is C15H18O3S. The Bertz CT molecular complexity index is 505. The number of hydrogen-bond acceptors (Lipinski definition) is 3. The van der Waals surface area contributed by atoms with Crippen LogP contribution in [0.2, 0.25) is 0 Å². The summed E-state index contributed by atoms with van der Waals surface area (Å²) in [5.41, 5.74) is 0.653. The highest BCUT2D eigenvalue weighted by Crippen LogP contribution is 2.38. The maximum absolute atomic E-state index is 12.3. The smallest absolute Gasteiger partial charge is 0.233 e. The molecule has 0 fully saturated rings. The van der Waals surface area contributed by atoms with Crippen molar-refractivity contribution in [3.8, 4) is 0 Å². The molecule has 19 heavy (non-hydrogen) atoms. The van der Waals surface area contributed by atoms with Crippen LogP contribution in [0.3, 0.4) is 0 Å². The zero-order chi connectivity index (χ0) is 14.0. The van der Waals surface area contributed by atoms with Crippen LogP contribution >= 0.6 is 0 Å². The summed E-state index contributed by atoms with van der Waals surface area (Å²) in [6.07, 6.45) is 0.752. The molecule has 4 heteroatoms. The fourth-order valence-electron chi connectivity index (χ4n) is 2.33. The van der Waals surface area contributed by atoms with Gasteiger partial charge in [0, 0.05) is 18.4 Å². The van der Waals surface area contributed by atoms with E-state index < -0.39 is 11.2 Å². The lowest BCUT2D eigenvalue weighted by atomic mass is 9.79. The standard InChI is InChI=1S/C15H18O3S/c1-15(2)8-12(16)14(13(17)9-15)19(18)10-11-6-4-3-5-7-11/h3-7,16H,8-10H2,1-2H3. The minimum Gasteiger partial charge on any atom is -0.611 e. The van der Waals surface area contributed by atoms with Gasteiger partial charge >= 0.3 is 0 Å². The second-order valence-electron chi connectivity index (χ2n) is 5.69. The lowest BCUT2D eigenvalue weighted by molar-refractivity contribution is -0.117. The van der Waals surface area contributed by atoms with Crippen LogP contribution in [-0.4, -0.2) is 15.4 Å². The predicted octanol–water partition coefficient (Wildman–Crippen LogP) is 3.09. The molecule has 102 valence electrons. The molecule has 0 aliphatic heterocycles. The Morgan fingerprint density at radius 1 is 1.26 bits per heavy atom. The molecule has 3 nitrogen and oxygen atoms in total. The Morgan fingerprint density at radius 2 is 1.89 bits per heavy atom. The van der Waals surface area contributed by atoms with Crippen LogP contribution in [0.15, 0.2) is 41.0 Å². The van der Waals surface area contributed by atoms with E-state index in [-0.39, 0.29) is 27.6 Å². The van der Waals surface area contributed by atoms with Crippen LogP contribution in [0.25, 0.3) is 0 Å². The Morgan fingerprint density at radius 3 is 2.47 bits per heavy atom. The summed E-state index contributed by atoms with van der Waals surface area (Å²) in [4.78, 5) is 12.2. The summed E-state index contributed by atoms with van der Waals surface area (Å²) < 4.78 is 12.3. The van der Waals surface area contributed by atoms with E-state index in [0.717, 1.165) is 5.56 Å². The van der Waals surface area contributed by atoms with E-state index in [0.29, 0.717) is 12.8 Å². The van der Waals surface area contributed by atoms with Gasteiger partial charge in [-0.25, -0.2) is 0 Å². The lowest BCUT2D eigenvalue weighted by Crippen LogP contribution is -2.29. The third-order valence-electron chi connectivity index (χ3n) is 3.17. The van der Waals surface area contributed by atoms with Crippen molar-refractivity contribution in [1.82, 2.24) is 0 Å². The van der Waals surface area contributed by atoms with E-state index in [1.54, 1.807) is 0 Å². The summed E-state index contributed by atoms with van der Waals surface area (Å²) in [5, 5.41) is 9.99. The highest BCUT2D eigenvalue weighted by Gasteiger charge is 2.39. The van der Waals surface area contributed by atoms with E-state index in [9.17, 15) is 14.5 Å². The summed E-state index contributed by atoms with van der Waals surface area (Å²) >= 11 is -1.47. The zero-order valence-corrected chi connectivity index (χ0v) is 12.0. The summed E-state index contributed by atoms with van der Waals surface area (Å²) in [7, 11) is 0. The Labute approximate surface area is 116 Å². The number of ketones is 1. The Hall–Kier alpha value is -1.26. The number of allylic oxidation sites excluding steroid dienone is 2. The predicted molar refractivity (Wildman–Crippen MR) is 76.0 cm³/mol. The molecule has 2 rings (SSSR count). The van der Waals surface area contributed by atoms with Crippen LogP contribution in [0.5, 0.6) is 0 Å². The fourth-order valence-corrected chi connectivity index (χ4v) is 3.63. The third kappa shape index (κ3) is 3.39. The minimum atomic E-state index is -1.47. The van der Waals surface area contributed by atoms with Crippen LogP contribution < -0.4 is 0 Å². The first kappa shape index (κ1) is 14.2. The molecule has 1 aromatic rings. The van der Waals surface area contributed by atoms with Crippen LogP contribution in [0.1, 0.15) is 32.3 Å². The summed E-state index contributed by atoms with van der Waals surface area (Å²) in [6, 6.07) is 9.36. The van der Waals surface area contributed by atoms with Crippen molar-refractivity contribution >= 4 is 17.0 Å². The molecule has 0 radical (unpaired) electrons. The molecule has 0 aromatic heterocycles. The van der Waals surface area contributed by atoms with Gasteiger partial charge in [0.15, 0.2) is 5.76 Å². The highest BCUT2D eigenvalue weighted by atomic mass is 32.2. The Balaban J connectivity index is 2.19. The maximum Gasteiger partial charge on any atom is 0.233 e. The normalized spacial score (nSPS) is 20.5. The zero-order valence-electron chi connectivity index (χ0n) is 11.2. The largest absolute Gasteiger partial charge is 0.611 e. The number of rotatable bonds is 3. The van der Waals surface area contributed by atoms with Gasteiger partial charge in [0.1, 0.15) is 5.75 Å². The van der Waals surface area contributed by atoms with Crippen LogP contribution in [-0.2, 0) is 21.7 Å². The van der Waals surface area contributed by atoms with Crippen molar-refractivity contribution < 1.29 is 14.5 Å².